The molecule has 0 aliphatic rings. The van der Waals surface area contributed by atoms with Crippen LogP contribution in [0.5, 0.6) is 0 Å². The summed E-state index contributed by atoms with van der Waals surface area (Å²) in [6, 6.07) is 10.1. The number of nitrogens with one attached hydrogen (secondary N) is 1. The molecule has 96 valence electrons. The van der Waals surface area contributed by atoms with Gasteiger partial charge in [0.05, 0.1) is 5.69 Å². The highest BCUT2D eigenvalue weighted by Crippen LogP contribution is 2.18. The van der Waals surface area contributed by atoms with Gasteiger partial charge in [-0.05, 0) is 37.7 Å². The molecule has 18 heavy (non-hydrogen) atoms. The van der Waals surface area contributed by atoms with Crippen LogP contribution in [0.15, 0.2) is 30.3 Å². The fourth-order valence-corrected chi connectivity index (χ4v) is 2.21. The minimum atomic E-state index is 0.630. The standard InChI is InChI=1S/C13H18N4S/c1-3-10-16(4-2)12-14-15-13(18)17(12)11-8-6-5-7-9-11/h5-9H,3-4,10H2,1-2H3,(H,15,18). The van der Waals surface area contributed by atoms with Crippen LogP contribution in [0, 0.1) is 4.77 Å². The normalized spacial score (nSPS) is 10.6. The molecular weight excluding hydrogens is 244 g/mol. The average Bonchev–Trinajstić information content (AvgIpc) is 2.79. The van der Waals surface area contributed by atoms with Crippen molar-refractivity contribution in [2.45, 2.75) is 20.3 Å². The van der Waals surface area contributed by atoms with Crippen molar-refractivity contribution in [3.63, 3.8) is 0 Å². The van der Waals surface area contributed by atoms with E-state index in [-0.39, 0.29) is 0 Å². The fourth-order valence-electron chi connectivity index (χ4n) is 1.98. The summed E-state index contributed by atoms with van der Waals surface area (Å²) < 4.78 is 2.61. The fraction of sp³-hybridized carbons (Fsp3) is 0.385. The summed E-state index contributed by atoms with van der Waals surface area (Å²) in [4.78, 5) is 2.22. The average molecular weight is 262 g/mol. The van der Waals surface area contributed by atoms with E-state index in [0.29, 0.717) is 4.77 Å². The topological polar surface area (TPSA) is 36.9 Å². The molecule has 1 aromatic heterocycles. The van der Waals surface area contributed by atoms with E-state index in [2.05, 4.69) is 28.9 Å². The molecule has 5 heteroatoms. The third-order valence-corrected chi connectivity index (χ3v) is 3.10. The van der Waals surface area contributed by atoms with Crippen molar-refractivity contribution in [1.82, 2.24) is 14.8 Å². The van der Waals surface area contributed by atoms with Gasteiger partial charge in [0, 0.05) is 13.1 Å². The lowest BCUT2D eigenvalue weighted by Gasteiger charge is -2.21. The molecule has 0 aliphatic heterocycles. The van der Waals surface area contributed by atoms with Gasteiger partial charge in [0.1, 0.15) is 0 Å². The van der Waals surface area contributed by atoms with Crippen molar-refractivity contribution in [2.24, 2.45) is 0 Å². The van der Waals surface area contributed by atoms with Crippen LogP contribution in [0.3, 0.4) is 0 Å². The number of rotatable bonds is 5. The predicted molar refractivity (Wildman–Crippen MR) is 76.9 cm³/mol. The van der Waals surface area contributed by atoms with Crippen molar-refractivity contribution < 1.29 is 0 Å². The van der Waals surface area contributed by atoms with Crippen LogP contribution in [-0.4, -0.2) is 27.9 Å². The molecule has 0 aliphatic carbocycles. The van der Waals surface area contributed by atoms with Gasteiger partial charge in [0.25, 0.3) is 0 Å². The minimum absolute atomic E-state index is 0.630. The molecule has 2 aromatic rings. The first kappa shape index (κ1) is 12.8. The molecular formula is C13H18N4S. The van der Waals surface area contributed by atoms with Crippen LogP contribution in [0.4, 0.5) is 5.95 Å². The number of nitrogens with zero attached hydrogens (tertiary/aromatic N) is 3. The smallest absolute Gasteiger partial charge is 0.230 e. The number of H-pyrrole nitrogens is 1. The third-order valence-electron chi connectivity index (χ3n) is 2.83. The molecule has 1 aromatic carbocycles. The Morgan fingerprint density at radius 3 is 2.61 bits per heavy atom. The molecule has 1 heterocycles. The Balaban J connectivity index is 2.48. The van der Waals surface area contributed by atoms with E-state index in [1.807, 2.05) is 34.9 Å². The maximum absolute atomic E-state index is 5.32. The summed E-state index contributed by atoms with van der Waals surface area (Å²) in [5.74, 6) is 0.885. The second-order valence-corrected chi connectivity index (χ2v) is 4.47. The van der Waals surface area contributed by atoms with Gasteiger partial charge in [-0.25, -0.2) is 5.10 Å². The molecule has 0 amide bonds. The highest BCUT2D eigenvalue weighted by atomic mass is 32.1. The Morgan fingerprint density at radius 1 is 1.28 bits per heavy atom. The van der Waals surface area contributed by atoms with Gasteiger partial charge in [-0.1, -0.05) is 25.1 Å². The number of hydrogen-bond acceptors (Lipinski definition) is 3. The summed E-state index contributed by atoms with van der Waals surface area (Å²) in [5.41, 5.74) is 1.04. The first-order valence-electron chi connectivity index (χ1n) is 6.25. The van der Waals surface area contributed by atoms with Crippen LogP contribution in [0.1, 0.15) is 20.3 Å². The third kappa shape index (κ3) is 2.46. The number of para-hydroxylation sites is 1. The highest BCUT2D eigenvalue weighted by molar-refractivity contribution is 7.71. The van der Waals surface area contributed by atoms with Crippen LogP contribution >= 0.6 is 12.2 Å². The number of aromatic nitrogens is 3. The Morgan fingerprint density at radius 2 is 2.00 bits per heavy atom. The van der Waals surface area contributed by atoms with Gasteiger partial charge >= 0.3 is 0 Å². The van der Waals surface area contributed by atoms with Gasteiger partial charge in [0.2, 0.25) is 10.7 Å². The van der Waals surface area contributed by atoms with E-state index < -0.39 is 0 Å². The number of benzene rings is 1. The molecule has 0 saturated heterocycles. The van der Waals surface area contributed by atoms with Crippen LogP contribution in [0.2, 0.25) is 0 Å². The molecule has 0 spiro atoms. The van der Waals surface area contributed by atoms with Crippen LogP contribution in [0.25, 0.3) is 5.69 Å². The summed E-state index contributed by atoms with van der Waals surface area (Å²) in [6.45, 7) is 6.18. The number of anilines is 1. The molecule has 0 unspecified atom stereocenters. The Labute approximate surface area is 112 Å². The van der Waals surface area contributed by atoms with Crippen LogP contribution in [-0.2, 0) is 0 Å². The minimum Gasteiger partial charge on any atom is -0.341 e. The van der Waals surface area contributed by atoms with Crippen molar-refractivity contribution >= 4 is 18.2 Å². The predicted octanol–water partition coefficient (Wildman–Crippen LogP) is 3.17. The lowest BCUT2D eigenvalue weighted by Crippen LogP contribution is -2.26. The molecule has 0 bridgehead atoms. The molecule has 2 rings (SSSR count). The summed E-state index contributed by atoms with van der Waals surface area (Å²) in [7, 11) is 0. The molecule has 0 atom stereocenters. The lowest BCUT2D eigenvalue weighted by molar-refractivity contribution is 0.750. The maximum atomic E-state index is 5.32. The number of hydrogen-bond donors (Lipinski definition) is 1. The van der Waals surface area contributed by atoms with E-state index in [0.717, 1.165) is 31.1 Å². The summed E-state index contributed by atoms with van der Waals surface area (Å²) in [5, 5.41) is 7.24. The van der Waals surface area contributed by atoms with Crippen LogP contribution < -0.4 is 4.90 Å². The number of aromatic amines is 1. The first-order valence-corrected chi connectivity index (χ1v) is 6.66. The van der Waals surface area contributed by atoms with Gasteiger partial charge in [-0.2, -0.15) is 0 Å². The Bertz CT molecular complexity index is 544. The second kappa shape index (κ2) is 5.82. The van der Waals surface area contributed by atoms with E-state index in [4.69, 9.17) is 12.2 Å². The van der Waals surface area contributed by atoms with E-state index >= 15 is 0 Å². The second-order valence-electron chi connectivity index (χ2n) is 4.08. The molecule has 4 nitrogen and oxygen atoms in total. The molecule has 0 saturated carbocycles. The summed E-state index contributed by atoms with van der Waals surface area (Å²) >= 11 is 5.32. The molecule has 1 N–H and O–H groups in total. The highest BCUT2D eigenvalue weighted by Gasteiger charge is 2.13. The van der Waals surface area contributed by atoms with E-state index in [1.54, 1.807) is 0 Å². The van der Waals surface area contributed by atoms with Crippen molar-refractivity contribution in [3.05, 3.63) is 35.1 Å². The molecule has 0 radical (unpaired) electrons. The Kier molecular flexibility index (Phi) is 4.15. The quantitative estimate of drug-likeness (QED) is 0.841. The zero-order valence-electron chi connectivity index (χ0n) is 10.8. The SMILES string of the molecule is CCCN(CC)c1n[nH]c(=S)n1-c1ccccc1. The maximum Gasteiger partial charge on any atom is 0.230 e. The van der Waals surface area contributed by atoms with E-state index in [9.17, 15) is 0 Å². The Hall–Kier alpha value is -1.62. The summed E-state index contributed by atoms with van der Waals surface area (Å²) in [6.07, 6.45) is 1.09. The van der Waals surface area contributed by atoms with Crippen molar-refractivity contribution in [3.8, 4) is 5.69 Å². The zero-order chi connectivity index (χ0) is 13.0. The van der Waals surface area contributed by atoms with Crippen molar-refractivity contribution in [2.75, 3.05) is 18.0 Å². The van der Waals surface area contributed by atoms with Gasteiger partial charge < -0.3 is 4.90 Å². The first-order chi connectivity index (χ1) is 8.77. The molecule has 0 fully saturated rings. The van der Waals surface area contributed by atoms with Gasteiger partial charge in [-0.3, -0.25) is 4.57 Å². The largest absolute Gasteiger partial charge is 0.341 e. The monoisotopic (exact) mass is 262 g/mol. The van der Waals surface area contributed by atoms with E-state index in [1.165, 1.54) is 0 Å². The lowest BCUT2D eigenvalue weighted by atomic mass is 10.3. The van der Waals surface area contributed by atoms with Crippen molar-refractivity contribution in [1.29, 1.82) is 0 Å². The van der Waals surface area contributed by atoms with Gasteiger partial charge in [-0.15, -0.1) is 5.10 Å². The zero-order valence-corrected chi connectivity index (χ0v) is 11.6. The van der Waals surface area contributed by atoms with Gasteiger partial charge in [0.15, 0.2) is 0 Å².